The summed E-state index contributed by atoms with van der Waals surface area (Å²) in [6.07, 6.45) is 4.93. The predicted octanol–water partition coefficient (Wildman–Crippen LogP) is 3.03. The van der Waals surface area contributed by atoms with E-state index in [2.05, 4.69) is 27.0 Å². The van der Waals surface area contributed by atoms with Crippen molar-refractivity contribution in [3.63, 3.8) is 0 Å². The van der Waals surface area contributed by atoms with Crippen LogP contribution in [0.5, 0.6) is 0 Å². The Morgan fingerprint density at radius 3 is 2.67 bits per heavy atom. The van der Waals surface area contributed by atoms with Crippen LogP contribution in [-0.4, -0.2) is 54.6 Å². The Labute approximate surface area is 160 Å². The van der Waals surface area contributed by atoms with Crippen LogP contribution in [0.15, 0.2) is 28.7 Å². The molecule has 1 aromatic carbocycles. The Balaban J connectivity index is 1.39. The van der Waals surface area contributed by atoms with Crippen molar-refractivity contribution >= 4 is 23.0 Å². The van der Waals surface area contributed by atoms with Gasteiger partial charge in [0, 0.05) is 31.6 Å². The second-order valence-corrected chi connectivity index (χ2v) is 7.74. The maximum Gasteiger partial charge on any atom is 0.298 e. The summed E-state index contributed by atoms with van der Waals surface area (Å²) < 4.78 is 5.90. The molecule has 4 rings (SSSR count). The van der Waals surface area contributed by atoms with E-state index >= 15 is 0 Å². The van der Waals surface area contributed by atoms with Crippen molar-refractivity contribution in [3.8, 4) is 0 Å². The van der Waals surface area contributed by atoms with E-state index in [1.807, 2.05) is 24.3 Å². The molecule has 3 heterocycles. The summed E-state index contributed by atoms with van der Waals surface area (Å²) in [5, 5.41) is 3.40. The first-order chi connectivity index (χ1) is 13.3. The summed E-state index contributed by atoms with van der Waals surface area (Å²) in [5.41, 5.74) is 1.72. The Hall–Kier alpha value is -2.08. The lowest BCUT2D eigenvalue weighted by molar-refractivity contribution is -0.139. The second-order valence-electron chi connectivity index (χ2n) is 7.74. The van der Waals surface area contributed by atoms with E-state index in [4.69, 9.17) is 4.42 Å². The highest BCUT2D eigenvalue weighted by Crippen LogP contribution is 2.28. The predicted molar refractivity (Wildman–Crippen MR) is 107 cm³/mol. The van der Waals surface area contributed by atoms with Gasteiger partial charge >= 0.3 is 0 Å². The van der Waals surface area contributed by atoms with Gasteiger partial charge < -0.3 is 19.5 Å². The van der Waals surface area contributed by atoms with Crippen LogP contribution in [0.2, 0.25) is 0 Å². The molecule has 0 spiro atoms. The van der Waals surface area contributed by atoms with E-state index in [0.29, 0.717) is 18.0 Å². The average Bonchev–Trinajstić information content (AvgIpc) is 3.16. The average molecular weight is 370 g/mol. The summed E-state index contributed by atoms with van der Waals surface area (Å²) in [6.45, 7) is 6.75. The Morgan fingerprint density at radius 1 is 1.22 bits per heavy atom. The molecule has 27 heavy (non-hydrogen) atoms. The van der Waals surface area contributed by atoms with Crippen LogP contribution in [0.25, 0.3) is 11.1 Å². The van der Waals surface area contributed by atoms with Crippen molar-refractivity contribution in [3.05, 3.63) is 24.3 Å². The van der Waals surface area contributed by atoms with Crippen molar-refractivity contribution in [1.82, 2.24) is 15.2 Å². The molecule has 1 amide bonds. The second kappa shape index (κ2) is 8.30. The molecule has 0 atom stereocenters. The van der Waals surface area contributed by atoms with Crippen LogP contribution < -0.4 is 10.2 Å². The van der Waals surface area contributed by atoms with Crippen LogP contribution in [-0.2, 0) is 4.79 Å². The summed E-state index contributed by atoms with van der Waals surface area (Å²) >= 11 is 0. The maximum atomic E-state index is 13.2. The fraction of sp³-hybridized carbons (Fsp3) is 0.619. The van der Waals surface area contributed by atoms with Gasteiger partial charge in [0.25, 0.3) is 6.01 Å². The molecule has 0 aliphatic carbocycles. The number of nitrogens with one attached hydrogen (secondary N) is 1. The third-order valence-electron chi connectivity index (χ3n) is 5.89. The van der Waals surface area contributed by atoms with Gasteiger partial charge in [0.1, 0.15) is 5.52 Å². The number of carbonyl (C=O) groups is 1. The van der Waals surface area contributed by atoms with Gasteiger partial charge in [0.15, 0.2) is 5.58 Å². The normalized spacial score (nSPS) is 19.5. The number of anilines is 1. The number of fused-ring (bicyclic) bond motifs is 1. The lowest BCUT2D eigenvalue weighted by Crippen LogP contribution is -2.50. The molecular weight excluding hydrogens is 340 g/mol. The molecule has 0 unspecified atom stereocenters. The van der Waals surface area contributed by atoms with Gasteiger partial charge in [-0.3, -0.25) is 4.79 Å². The van der Waals surface area contributed by atoms with Crippen LogP contribution in [0.4, 0.5) is 6.01 Å². The SMILES string of the molecule is CCCN(C(=O)C1CCN(c2nc3ccccc3o2)CC1)C1CCNCC1. The third-order valence-corrected chi connectivity index (χ3v) is 5.89. The molecule has 2 saturated heterocycles. The molecule has 0 saturated carbocycles. The first kappa shape index (κ1) is 18.3. The summed E-state index contributed by atoms with van der Waals surface area (Å²) in [5.74, 6) is 0.494. The zero-order valence-corrected chi connectivity index (χ0v) is 16.2. The zero-order chi connectivity index (χ0) is 18.6. The minimum atomic E-state index is 0.132. The molecule has 6 heteroatoms. The van der Waals surface area contributed by atoms with Crippen molar-refractivity contribution in [2.45, 2.75) is 45.1 Å². The third kappa shape index (κ3) is 3.95. The van der Waals surface area contributed by atoms with Gasteiger partial charge in [-0.25, -0.2) is 0 Å². The Bertz CT molecular complexity index is 727. The van der Waals surface area contributed by atoms with Gasteiger partial charge in [-0.1, -0.05) is 19.1 Å². The number of para-hydroxylation sites is 2. The van der Waals surface area contributed by atoms with Gasteiger partial charge in [-0.15, -0.1) is 0 Å². The largest absolute Gasteiger partial charge is 0.423 e. The summed E-state index contributed by atoms with van der Waals surface area (Å²) in [7, 11) is 0. The molecule has 0 bridgehead atoms. The van der Waals surface area contributed by atoms with Crippen molar-refractivity contribution in [1.29, 1.82) is 0 Å². The standard InChI is InChI=1S/C21H30N4O2/c1-2-13-25(17-7-11-22-12-8-17)20(26)16-9-14-24(15-10-16)21-23-18-5-3-4-6-19(18)27-21/h3-6,16-17,22H,2,7-15H2,1H3. The molecule has 2 fully saturated rings. The van der Waals surface area contributed by atoms with E-state index in [9.17, 15) is 4.79 Å². The monoisotopic (exact) mass is 370 g/mol. The Kier molecular flexibility index (Phi) is 5.62. The molecule has 0 radical (unpaired) electrons. The van der Waals surface area contributed by atoms with E-state index in [1.165, 1.54) is 0 Å². The molecule has 146 valence electrons. The number of hydrogen-bond donors (Lipinski definition) is 1. The van der Waals surface area contributed by atoms with Crippen molar-refractivity contribution < 1.29 is 9.21 Å². The fourth-order valence-corrected chi connectivity index (χ4v) is 4.38. The number of benzene rings is 1. The van der Waals surface area contributed by atoms with E-state index in [-0.39, 0.29) is 5.92 Å². The molecular formula is C21H30N4O2. The molecule has 2 aliphatic heterocycles. The Morgan fingerprint density at radius 2 is 1.96 bits per heavy atom. The van der Waals surface area contributed by atoms with Crippen LogP contribution in [0.3, 0.4) is 0 Å². The smallest absolute Gasteiger partial charge is 0.298 e. The van der Waals surface area contributed by atoms with E-state index in [0.717, 1.165) is 75.9 Å². The maximum absolute atomic E-state index is 13.2. The quantitative estimate of drug-likeness (QED) is 0.877. The van der Waals surface area contributed by atoms with Gasteiger partial charge in [-0.2, -0.15) is 4.98 Å². The molecule has 1 N–H and O–H groups in total. The minimum Gasteiger partial charge on any atom is -0.423 e. The number of piperidine rings is 2. The number of hydrogen-bond acceptors (Lipinski definition) is 5. The molecule has 2 aromatic rings. The van der Waals surface area contributed by atoms with Crippen molar-refractivity contribution in [2.75, 3.05) is 37.6 Å². The number of oxazole rings is 1. The number of rotatable bonds is 5. The topological polar surface area (TPSA) is 61.6 Å². The number of carbonyl (C=O) groups excluding carboxylic acids is 1. The highest BCUT2D eigenvalue weighted by molar-refractivity contribution is 5.79. The lowest BCUT2D eigenvalue weighted by Gasteiger charge is -2.39. The first-order valence-corrected chi connectivity index (χ1v) is 10.4. The number of nitrogens with zero attached hydrogens (tertiary/aromatic N) is 3. The molecule has 2 aliphatic rings. The summed E-state index contributed by atoms with van der Waals surface area (Å²) in [4.78, 5) is 22.2. The zero-order valence-electron chi connectivity index (χ0n) is 16.2. The van der Waals surface area contributed by atoms with Crippen molar-refractivity contribution in [2.24, 2.45) is 5.92 Å². The number of amides is 1. The van der Waals surface area contributed by atoms with E-state index in [1.54, 1.807) is 0 Å². The highest BCUT2D eigenvalue weighted by atomic mass is 16.4. The first-order valence-electron chi connectivity index (χ1n) is 10.4. The molecule has 1 aromatic heterocycles. The minimum absolute atomic E-state index is 0.132. The fourth-order valence-electron chi connectivity index (χ4n) is 4.38. The summed E-state index contributed by atoms with van der Waals surface area (Å²) in [6, 6.07) is 8.96. The van der Waals surface area contributed by atoms with Crippen LogP contribution >= 0.6 is 0 Å². The van der Waals surface area contributed by atoms with Gasteiger partial charge in [-0.05, 0) is 57.3 Å². The van der Waals surface area contributed by atoms with Crippen LogP contribution in [0.1, 0.15) is 39.0 Å². The van der Waals surface area contributed by atoms with Gasteiger partial charge in [0.2, 0.25) is 5.91 Å². The number of aromatic nitrogens is 1. The van der Waals surface area contributed by atoms with E-state index < -0.39 is 0 Å². The highest BCUT2D eigenvalue weighted by Gasteiger charge is 2.33. The lowest BCUT2D eigenvalue weighted by atomic mass is 9.93. The van der Waals surface area contributed by atoms with Gasteiger partial charge in [0.05, 0.1) is 0 Å². The molecule has 6 nitrogen and oxygen atoms in total. The van der Waals surface area contributed by atoms with Crippen LogP contribution in [0, 0.1) is 5.92 Å².